The Morgan fingerprint density at radius 1 is 0.884 bits per heavy atom. The van der Waals surface area contributed by atoms with Crippen LogP contribution in [0.2, 0.25) is 0 Å². The molecule has 0 spiro atoms. The minimum absolute atomic E-state index is 0.112. The van der Waals surface area contributed by atoms with E-state index in [1.807, 2.05) is 25.9 Å². The van der Waals surface area contributed by atoms with Crippen molar-refractivity contribution in [2.24, 2.45) is 0 Å². The molecule has 0 heterocycles. The summed E-state index contributed by atoms with van der Waals surface area (Å²) in [6.45, 7) is 8.49. The molecule has 0 aliphatic heterocycles. The Labute approximate surface area is 255 Å². The second kappa shape index (κ2) is 19.2. The van der Waals surface area contributed by atoms with Crippen LogP contribution in [0.4, 0.5) is 0 Å². The molecule has 1 atom stereocenters. The molecule has 2 aromatic rings. The first kappa shape index (κ1) is 35.1. The number of hydrogen-bond donors (Lipinski definition) is 0. The van der Waals surface area contributed by atoms with Crippen molar-refractivity contribution in [3.63, 3.8) is 0 Å². The van der Waals surface area contributed by atoms with Gasteiger partial charge in [-0.05, 0) is 88.8 Å². The number of hydrogen-bond acceptors (Lipinski definition) is 9. The molecule has 2 rings (SSSR count). The first-order valence-corrected chi connectivity index (χ1v) is 14.6. The van der Waals surface area contributed by atoms with E-state index in [1.165, 1.54) is 13.2 Å². The first-order chi connectivity index (χ1) is 20.6. The molecule has 0 amide bonds. The molecule has 1 unspecified atom stereocenters. The minimum atomic E-state index is -0.527. The summed E-state index contributed by atoms with van der Waals surface area (Å²) in [7, 11) is 5.32. The molecular formula is C34H45NO8. The topological polar surface area (TPSA) is 101 Å². The van der Waals surface area contributed by atoms with Gasteiger partial charge in [0.1, 0.15) is 12.4 Å². The molecule has 234 valence electrons. The summed E-state index contributed by atoms with van der Waals surface area (Å²) < 4.78 is 27.1. The molecule has 0 aliphatic carbocycles. The van der Waals surface area contributed by atoms with Crippen LogP contribution in [-0.4, -0.2) is 69.9 Å². The van der Waals surface area contributed by atoms with Crippen LogP contribution in [0, 0.1) is 0 Å². The van der Waals surface area contributed by atoms with E-state index >= 15 is 0 Å². The van der Waals surface area contributed by atoms with Crippen molar-refractivity contribution >= 4 is 24.0 Å². The Bertz CT molecular complexity index is 1220. The summed E-state index contributed by atoms with van der Waals surface area (Å²) in [4.78, 5) is 38.0. The van der Waals surface area contributed by atoms with Gasteiger partial charge in [0.05, 0.1) is 25.9 Å². The van der Waals surface area contributed by atoms with Crippen LogP contribution < -0.4 is 14.2 Å². The highest BCUT2D eigenvalue weighted by Gasteiger charge is 2.13. The van der Waals surface area contributed by atoms with Gasteiger partial charge < -0.3 is 28.6 Å². The van der Waals surface area contributed by atoms with Crippen LogP contribution in [0.15, 0.2) is 60.7 Å². The highest BCUT2D eigenvalue weighted by atomic mass is 16.6. The highest BCUT2D eigenvalue weighted by molar-refractivity contribution is 5.91. The van der Waals surface area contributed by atoms with Crippen LogP contribution in [0.1, 0.15) is 68.3 Å². The van der Waals surface area contributed by atoms with Crippen LogP contribution in [-0.2, 0) is 19.1 Å². The highest BCUT2D eigenvalue weighted by Crippen LogP contribution is 2.29. The monoisotopic (exact) mass is 595 g/mol. The number of benzene rings is 2. The zero-order chi connectivity index (χ0) is 31.6. The Morgan fingerprint density at radius 2 is 1.53 bits per heavy atom. The van der Waals surface area contributed by atoms with Crippen molar-refractivity contribution in [2.45, 2.75) is 58.4 Å². The maximum Gasteiger partial charge on any atom is 0.343 e. The van der Waals surface area contributed by atoms with E-state index in [0.29, 0.717) is 48.0 Å². The van der Waals surface area contributed by atoms with E-state index in [0.717, 1.165) is 38.5 Å². The first-order valence-electron chi connectivity index (χ1n) is 14.6. The van der Waals surface area contributed by atoms with Gasteiger partial charge in [0.25, 0.3) is 0 Å². The molecule has 0 saturated carbocycles. The molecular weight excluding hydrogens is 550 g/mol. The van der Waals surface area contributed by atoms with E-state index in [1.54, 1.807) is 55.5 Å². The fourth-order valence-corrected chi connectivity index (χ4v) is 3.67. The van der Waals surface area contributed by atoms with Crippen LogP contribution in [0.5, 0.6) is 17.2 Å². The number of ether oxygens (including phenoxy) is 5. The SMILES string of the molecule is C=C(C)C(=O)OCCCCCCCCOc1ccc(C(=O)Oc2ccc(C=CC(=O)OCC(C)N(C)C)cc2OC)cc1. The number of unbranched alkanes of at least 4 members (excludes halogenated alkanes) is 5. The summed E-state index contributed by atoms with van der Waals surface area (Å²) >= 11 is 0. The number of rotatable bonds is 19. The molecule has 0 saturated heterocycles. The number of esters is 3. The molecule has 9 nitrogen and oxygen atoms in total. The van der Waals surface area contributed by atoms with Gasteiger partial charge in [-0.25, -0.2) is 14.4 Å². The Kier molecular flexibility index (Phi) is 15.6. The van der Waals surface area contributed by atoms with Crippen LogP contribution in [0.3, 0.4) is 0 Å². The number of carbonyl (C=O) groups is 3. The Morgan fingerprint density at radius 3 is 2.16 bits per heavy atom. The van der Waals surface area contributed by atoms with Crippen molar-refractivity contribution in [3.8, 4) is 17.2 Å². The minimum Gasteiger partial charge on any atom is -0.494 e. The van der Waals surface area contributed by atoms with Crippen molar-refractivity contribution in [1.82, 2.24) is 4.90 Å². The third-order valence-corrected chi connectivity index (χ3v) is 6.63. The second-order valence-corrected chi connectivity index (χ2v) is 10.5. The molecule has 0 radical (unpaired) electrons. The summed E-state index contributed by atoms with van der Waals surface area (Å²) in [6.07, 6.45) is 8.98. The Hall–Kier alpha value is -4.11. The lowest BCUT2D eigenvalue weighted by Crippen LogP contribution is -2.30. The van der Waals surface area contributed by atoms with Gasteiger partial charge in [-0.1, -0.05) is 38.3 Å². The maximum absolute atomic E-state index is 12.7. The van der Waals surface area contributed by atoms with Gasteiger partial charge >= 0.3 is 17.9 Å². The zero-order valence-electron chi connectivity index (χ0n) is 26.1. The second-order valence-electron chi connectivity index (χ2n) is 10.5. The standard InChI is InChI=1S/C34H45NO8/c1-25(2)33(37)41-22-12-10-8-7-9-11-21-40-29-17-15-28(16-18-29)34(38)43-30-19-13-27(23-31(30)39-6)14-20-32(36)42-24-26(3)35(4)5/h13-20,23,26H,1,7-12,21-22,24H2,2-6H3. The lowest BCUT2D eigenvalue weighted by molar-refractivity contribution is -0.139. The predicted molar refractivity (Wildman–Crippen MR) is 167 cm³/mol. The van der Waals surface area contributed by atoms with Crippen LogP contribution in [0.25, 0.3) is 6.08 Å². The average Bonchev–Trinajstić information content (AvgIpc) is 3.00. The summed E-state index contributed by atoms with van der Waals surface area (Å²) in [6, 6.07) is 11.9. The Balaban J connectivity index is 1.73. The lowest BCUT2D eigenvalue weighted by atomic mass is 10.1. The van der Waals surface area contributed by atoms with Gasteiger partial charge in [0.15, 0.2) is 11.5 Å². The number of likely N-dealkylation sites (N-methyl/N-ethyl adjacent to an activating group) is 1. The molecule has 43 heavy (non-hydrogen) atoms. The van der Waals surface area contributed by atoms with Gasteiger partial charge in [0, 0.05) is 17.7 Å². The number of methoxy groups -OCH3 is 1. The van der Waals surface area contributed by atoms with E-state index in [-0.39, 0.29) is 17.8 Å². The molecule has 0 aliphatic rings. The summed E-state index contributed by atoms with van der Waals surface area (Å²) in [5, 5.41) is 0. The fraction of sp³-hybridized carbons (Fsp3) is 0.441. The number of nitrogens with zero attached hydrogens (tertiary/aromatic N) is 1. The van der Waals surface area contributed by atoms with Gasteiger partial charge in [-0.15, -0.1) is 0 Å². The van der Waals surface area contributed by atoms with Gasteiger partial charge in [0.2, 0.25) is 0 Å². The zero-order valence-corrected chi connectivity index (χ0v) is 26.1. The van der Waals surface area contributed by atoms with Gasteiger partial charge in [-0.3, -0.25) is 0 Å². The van der Waals surface area contributed by atoms with E-state index in [2.05, 4.69) is 6.58 Å². The van der Waals surface area contributed by atoms with Crippen molar-refractivity contribution in [2.75, 3.05) is 41.0 Å². The normalized spacial score (nSPS) is 11.7. The third kappa shape index (κ3) is 13.6. The average molecular weight is 596 g/mol. The van der Waals surface area contributed by atoms with E-state index in [9.17, 15) is 14.4 Å². The van der Waals surface area contributed by atoms with E-state index < -0.39 is 11.9 Å². The molecule has 9 heteroatoms. The summed E-state index contributed by atoms with van der Waals surface area (Å²) in [5.41, 5.74) is 1.49. The summed E-state index contributed by atoms with van der Waals surface area (Å²) in [5.74, 6) is 0.00415. The quantitative estimate of drug-likeness (QED) is 0.0806. The molecule has 0 bridgehead atoms. The van der Waals surface area contributed by atoms with Gasteiger partial charge in [-0.2, -0.15) is 0 Å². The third-order valence-electron chi connectivity index (χ3n) is 6.63. The van der Waals surface area contributed by atoms with Crippen molar-refractivity contribution in [1.29, 1.82) is 0 Å². The molecule has 2 aromatic carbocycles. The van der Waals surface area contributed by atoms with Crippen molar-refractivity contribution < 1.29 is 38.1 Å². The van der Waals surface area contributed by atoms with Crippen LogP contribution >= 0.6 is 0 Å². The lowest BCUT2D eigenvalue weighted by Gasteiger charge is -2.18. The molecule has 0 N–H and O–H groups in total. The van der Waals surface area contributed by atoms with E-state index in [4.69, 9.17) is 23.7 Å². The molecule has 0 aromatic heterocycles. The smallest absolute Gasteiger partial charge is 0.343 e. The predicted octanol–water partition coefficient (Wildman–Crippen LogP) is 6.26. The molecule has 0 fully saturated rings. The maximum atomic E-state index is 12.7. The largest absolute Gasteiger partial charge is 0.494 e. The fourth-order valence-electron chi connectivity index (χ4n) is 3.67. The number of carbonyl (C=O) groups excluding carboxylic acids is 3. The van der Waals surface area contributed by atoms with Crippen molar-refractivity contribution in [3.05, 3.63) is 71.8 Å².